The van der Waals surface area contributed by atoms with Crippen molar-refractivity contribution in [2.24, 2.45) is 0 Å². The highest BCUT2D eigenvalue weighted by Gasteiger charge is 2.18. The lowest BCUT2D eigenvalue weighted by Gasteiger charge is -2.22. The summed E-state index contributed by atoms with van der Waals surface area (Å²) in [5.74, 6) is 0.120. The van der Waals surface area contributed by atoms with Crippen molar-refractivity contribution in [1.82, 2.24) is 24.9 Å². The molecule has 0 radical (unpaired) electrons. The van der Waals surface area contributed by atoms with E-state index in [1.807, 2.05) is 23.3 Å². The van der Waals surface area contributed by atoms with Gasteiger partial charge in [0.1, 0.15) is 0 Å². The number of nitrogens with zero attached hydrogens (tertiary/aromatic N) is 5. The minimum atomic E-state index is 0.120. The molecule has 6 nitrogen and oxygen atoms in total. The Labute approximate surface area is 161 Å². The van der Waals surface area contributed by atoms with Crippen molar-refractivity contribution < 1.29 is 4.79 Å². The minimum absolute atomic E-state index is 0.120. The number of carbonyl (C=O) groups is 1. The number of thiophene rings is 1. The molecule has 1 amide bonds. The molecule has 0 saturated carbocycles. The van der Waals surface area contributed by atoms with Gasteiger partial charge in [-0.05, 0) is 65.0 Å². The van der Waals surface area contributed by atoms with E-state index >= 15 is 0 Å². The largest absolute Gasteiger partial charge is 0.333 e. The molecule has 0 atom stereocenters. The van der Waals surface area contributed by atoms with Gasteiger partial charge in [0.15, 0.2) is 5.65 Å². The van der Waals surface area contributed by atoms with E-state index in [0.29, 0.717) is 25.2 Å². The van der Waals surface area contributed by atoms with Crippen LogP contribution < -0.4 is 0 Å². The number of fused-ring (bicyclic) bond motifs is 3. The maximum absolute atomic E-state index is 12.6. The minimum Gasteiger partial charge on any atom is -0.333 e. The maximum Gasteiger partial charge on any atom is 0.222 e. The van der Waals surface area contributed by atoms with Crippen LogP contribution in [0.1, 0.15) is 34.9 Å². The number of hydrogen-bond acceptors (Lipinski definition) is 5. The third-order valence-corrected chi connectivity index (χ3v) is 5.76. The van der Waals surface area contributed by atoms with E-state index < -0.39 is 0 Å². The summed E-state index contributed by atoms with van der Waals surface area (Å²) in [5, 5.41) is 15.4. The first-order valence-electron chi connectivity index (χ1n) is 8.98. The van der Waals surface area contributed by atoms with Gasteiger partial charge < -0.3 is 4.90 Å². The summed E-state index contributed by atoms with van der Waals surface area (Å²) in [6.07, 6.45) is 0.471. The van der Waals surface area contributed by atoms with Crippen molar-refractivity contribution in [2.45, 2.75) is 40.3 Å². The summed E-state index contributed by atoms with van der Waals surface area (Å²) in [6, 6.07) is 10.4. The van der Waals surface area contributed by atoms with Crippen molar-refractivity contribution in [2.75, 3.05) is 0 Å². The molecule has 3 heterocycles. The highest BCUT2D eigenvalue weighted by Crippen LogP contribution is 2.24. The second-order valence-corrected chi connectivity index (χ2v) is 7.79. The average molecular weight is 379 g/mol. The Bertz CT molecular complexity index is 1120. The fourth-order valence-electron chi connectivity index (χ4n) is 3.29. The molecule has 7 heteroatoms. The summed E-state index contributed by atoms with van der Waals surface area (Å²) in [7, 11) is 0. The second-order valence-electron chi connectivity index (χ2n) is 6.76. The summed E-state index contributed by atoms with van der Waals surface area (Å²) in [4.78, 5) is 15.6. The van der Waals surface area contributed by atoms with Crippen LogP contribution in [0.4, 0.5) is 0 Å². The molecule has 0 aliphatic rings. The number of hydrogen-bond donors (Lipinski definition) is 0. The summed E-state index contributed by atoms with van der Waals surface area (Å²) < 4.78 is 1.77. The molecule has 0 spiro atoms. The molecule has 0 fully saturated rings. The number of benzene rings is 1. The van der Waals surface area contributed by atoms with Crippen LogP contribution in [-0.4, -0.2) is 30.8 Å². The molecular formula is C20H21N5OS. The molecule has 138 valence electrons. The van der Waals surface area contributed by atoms with Crippen LogP contribution in [0.15, 0.2) is 35.7 Å². The van der Waals surface area contributed by atoms with Gasteiger partial charge >= 0.3 is 0 Å². The van der Waals surface area contributed by atoms with Crippen molar-refractivity contribution in [3.05, 3.63) is 57.3 Å². The molecule has 4 rings (SSSR count). The van der Waals surface area contributed by atoms with Crippen LogP contribution in [0, 0.1) is 13.8 Å². The van der Waals surface area contributed by atoms with Gasteiger partial charge in [-0.25, -0.2) is 0 Å². The lowest BCUT2D eigenvalue weighted by atomic mass is 10.0. The van der Waals surface area contributed by atoms with E-state index in [2.05, 4.69) is 53.6 Å². The van der Waals surface area contributed by atoms with Crippen LogP contribution in [0.2, 0.25) is 0 Å². The molecule has 0 aliphatic carbocycles. The van der Waals surface area contributed by atoms with Crippen molar-refractivity contribution in [1.29, 1.82) is 0 Å². The number of tetrazole rings is 1. The third-order valence-electron chi connectivity index (χ3n) is 4.90. The highest BCUT2D eigenvalue weighted by atomic mass is 32.1. The fraction of sp³-hybridized carbons (Fsp3) is 0.300. The Balaban J connectivity index is 1.79. The molecule has 0 unspecified atom stereocenters. The Kier molecular flexibility index (Phi) is 4.61. The molecule has 0 bridgehead atoms. The molecule has 3 aromatic heterocycles. The van der Waals surface area contributed by atoms with Gasteiger partial charge in [0.05, 0.1) is 12.1 Å². The van der Waals surface area contributed by atoms with Gasteiger partial charge in [-0.15, -0.1) is 16.4 Å². The van der Waals surface area contributed by atoms with Crippen molar-refractivity contribution >= 4 is 33.8 Å². The van der Waals surface area contributed by atoms with Gasteiger partial charge in [-0.3, -0.25) is 4.79 Å². The summed E-state index contributed by atoms with van der Waals surface area (Å²) in [5.41, 5.74) is 5.06. The predicted molar refractivity (Wildman–Crippen MR) is 107 cm³/mol. The number of carbonyl (C=O) groups excluding carboxylic acids is 1. The van der Waals surface area contributed by atoms with Crippen LogP contribution in [-0.2, 0) is 17.9 Å². The van der Waals surface area contributed by atoms with E-state index in [0.717, 1.165) is 16.5 Å². The van der Waals surface area contributed by atoms with Gasteiger partial charge in [0, 0.05) is 28.8 Å². The lowest BCUT2D eigenvalue weighted by molar-refractivity contribution is -0.132. The molecule has 0 saturated heterocycles. The van der Waals surface area contributed by atoms with Gasteiger partial charge in [-0.1, -0.05) is 13.0 Å². The van der Waals surface area contributed by atoms with Crippen molar-refractivity contribution in [3.63, 3.8) is 0 Å². The van der Waals surface area contributed by atoms with Crippen LogP contribution in [0.5, 0.6) is 0 Å². The quantitative estimate of drug-likeness (QED) is 0.528. The lowest BCUT2D eigenvalue weighted by Crippen LogP contribution is -2.29. The molecule has 4 aromatic rings. The number of pyridine rings is 1. The third kappa shape index (κ3) is 3.30. The number of aryl methyl sites for hydroxylation is 2. The van der Waals surface area contributed by atoms with E-state index in [-0.39, 0.29) is 5.91 Å². The molecule has 0 aliphatic heterocycles. The highest BCUT2D eigenvalue weighted by molar-refractivity contribution is 7.09. The summed E-state index contributed by atoms with van der Waals surface area (Å²) in [6.45, 7) is 7.16. The number of aromatic nitrogens is 4. The monoisotopic (exact) mass is 379 g/mol. The molecule has 27 heavy (non-hydrogen) atoms. The zero-order valence-electron chi connectivity index (χ0n) is 15.6. The Morgan fingerprint density at radius 3 is 2.74 bits per heavy atom. The Hall–Kier alpha value is -2.80. The van der Waals surface area contributed by atoms with E-state index in [1.54, 1.807) is 15.9 Å². The molecule has 1 aromatic carbocycles. The van der Waals surface area contributed by atoms with E-state index in [4.69, 9.17) is 0 Å². The molecular weight excluding hydrogens is 358 g/mol. The van der Waals surface area contributed by atoms with Crippen LogP contribution in [0.3, 0.4) is 0 Å². The van der Waals surface area contributed by atoms with Crippen molar-refractivity contribution in [3.8, 4) is 0 Å². The van der Waals surface area contributed by atoms with Gasteiger partial charge in [0.25, 0.3) is 0 Å². The maximum atomic E-state index is 12.6. The first-order chi connectivity index (χ1) is 13.1. The topological polar surface area (TPSA) is 63.4 Å². The smallest absolute Gasteiger partial charge is 0.222 e. The predicted octanol–water partition coefficient (Wildman–Crippen LogP) is 3.89. The number of rotatable bonds is 5. The van der Waals surface area contributed by atoms with E-state index in [1.165, 1.54) is 16.0 Å². The van der Waals surface area contributed by atoms with E-state index in [9.17, 15) is 4.79 Å². The average Bonchev–Trinajstić information content (AvgIpc) is 3.34. The van der Waals surface area contributed by atoms with Gasteiger partial charge in [-0.2, -0.15) is 4.52 Å². The zero-order valence-corrected chi connectivity index (χ0v) is 16.5. The standard InChI is InChI=1S/C20H21N5OS/c1-4-19(26)24(12-17-6-5-7-27-17)11-16-10-15-8-13(2)14(3)9-18(15)25-20(16)21-22-23-25/h5-10H,4,11-12H2,1-3H3. The normalized spacial score (nSPS) is 11.4. The van der Waals surface area contributed by atoms with Crippen LogP contribution in [0.25, 0.3) is 16.6 Å². The first-order valence-corrected chi connectivity index (χ1v) is 9.86. The Morgan fingerprint density at radius 1 is 1.19 bits per heavy atom. The van der Waals surface area contributed by atoms with Gasteiger partial charge in [0.2, 0.25) is 5.91 Å². The SMILES string of the molecule is CCC(=O)N(Cc1cccs1)Cc1cc2cc(C)c(C)cc2n2nnnc12. The number of amides is 1. The first kappa shape index (κ1) is 17.6. The fourth-order valence-corrected chi connectivity index (χ4v) is 4.01. The van der Waals surface area contributed by atoms with Crippen LogP contribution >= 0.6 is 11.3 Å². The molecule has 0 N–H and O–H groups in total. The summed E-state index contributed by atoms with van der Waals surface area (Å²) >= 11 is 1.66. The Morgan fingerprint density at radius 2 is 2.00 bits per heavy atom. The second kappa shape index (κ2) is 7.08. The zero-order chi connectivity index (χ0) is 19.0.